The van der Waals surface area contributed by atoms with E-state index in [0.717, 1.165) is 44.8 Å². The van der Waals surface area contributed by atoms with Gasteiger partial charge in [-0.15, -0.1) is 0 Å². The standard InChI is InChI=1S/C18H23N3O3/c1-14-3-5-15(6-4-14)17-13-16(20-24-17)18(22)19-7-2-8-21-9-11-23-12-10-21/h3-6,13H,2,7-12H2,1H3,(H,19,22)/p+1. The smallest absolute Gasteiger partial charge is 0.273 e. The molecular formula is C18H24N3O3+. The maximum absolute atomic E-state index is 12.1. The minimum atomic E-state index is -0.186. The van der Waals surface area contributed by atoms with Crippen LogP contribution in [0.4, 0.5) is 0 Å². The number of ether oxygens (including phenoxy) is 1. The van der Waals surface area contributed by atoms with Gasteiger partial charge in [-0.1, -0.05) is 35.0 Å². The third-order valence-corrected chi connectivity index (χ3v) is 4.27. The topological polar surface area (TPSA) is 68.8 Å². The molecule has 1 saturated heterocycles. The molecule has 0 aliphatic carbocycles. The fourth-order valence-corrected chi connectivity index (χ4v) is 2.78. The van der Waals surface area contributed by atoms with Gasteiger partial charge in [0.05, 0.1) is 19.8 Å². The molecule has 0 radical (unpaired) electrons. The van der Waals surface area contributed by atoms with Crippen molar-refractivity contribution in [3.63, 3.8) is 0 Å². The summed E-state index contributed by atoms with van der Waals surface area (Å²) in [7, 11) is 0. The normalized spacial score (nSPS) is 15.4. The number of quaternary nitrogens is 1. The zero-order chi connectivity index (χ0) is 16.8. The van der Waals surface area contributed by atoms with Crippen LogP contribution in [0.3, 0.4) is 0 Å². The summed E-state index contributed by atoms with van der Waals surface area (Å²) in [5, 5.41) is 6.78. The van der Waals surface area contributed by atoms with Crippen molar-refractivity contribution < 1.29 is 19.0 Å². The number of benzene rings is 1. The highest BCUT2D eigenvalue weighted by Crippen LogP contribution is 2.20. The molecule has 6 nitrogen and oxygen atoms in total. The van der Waals surface area contributed by atoms with Crippen molar-refractivity contribution >= 4 is 5.91 Å². The molecule has 0 spiro atoms. The Balaban J connectivity index is 1.46. The fraction of sp³-hybridized carbons (Fsp3) is 0.444. The number of aryl methyl sites for hydroxylation is 1. The number of aromatic nitrogens is 1. The maximum Gasteiger partial charge on any atom is 0.273 e. The van der Waals surface area contributed by atoms with E-state index in [-0.39, 0.29) is 5.91 Å². The van der Waals surface area contributed by atoms with Crippen molar-refractivity contribution in [3.8, 4) is 11.3 Å². The number of hydrogen-bond acceptors (Lipinski definition) is 4. The molecule has 1 fully saturated rings. The number of nitrogens with one attached hydrogen (secondary N) is 2. The minimum Gasteiger partial charge on any atom is -0.370 e. The Labute approximate surface area is 141 Å². The summed E-state index contributed by atoms with van der Waals surface area (Å²) < 4.78 is 10.6. The first-order chi connectivity index (χ1) is 11.7. The van der Waals surface area contributed by atoms with Gasteiger partial charge in [-0.3, -0.25) is 4.79 Å². The summed E-state index contributed by atoms with van der Waals surface area (Å²) in [6, 6.07) is 9.62. The Hall–Kier alpha value is -2.18. The van der Waals surface area contributed by atoms with Gasteiger partial charge in [0.1, 0.15) is 13.1 Å². The maximum atomic E-state index is 12.1. The second kappa shape index (κ2) is 8.08. The first kappa shape index (κ1) is 16.7. The Morgan fingerprint density at radius 3 is 2.75 bits per heavy atom. The van der Waals surface area contributed by atoms with Crippen molar-refractivity contribution in [2.75, 3.05) is 39.4 Å². The van der Waals surface area contributed by atoms with Gasteiger partial charge in [-0.25, -0.2) is 0 Å². The molecule has 24 heavy (non-hydrogen) atoms. The molecule has 1 aromatic heterocycles. The zero-order valence-corrected chi connectivity index (χ0v) is 14.0. The number of nitrogens with zero attached hydrogens (tertiary/aromatic N) is 1. The van der Waals surface area contributed by atoms with Crippen molar-refractivity contribution in [3.05, 3.63) is 41.6 Å². The van der Waals surface area contributed by atoms with E-state index in [2.05, 4.69) is 10.5 Å². The lowest BCUT2D eigenvalue weighted by atomic mass is 10.1. The average Bonchev–Trinajstić information content (AvgIpc) is 3.10. The van der Waals surface area contributed by atoms with E-state index in [9.17, 15) is 4.79 Å². The molecule has 0 saturated carbocycles. The molecule has 2 aromatic rings. The lowest BCUT2D eigenvalue weighted by Gasteiger charge is -2.23. The van der Waals surface area contributed by atoms with E-state index < -0.39 is 0 Å². The Kier molecular flexibility index (Phi) is 5.61. The average molecular weight is 330 g/mol. The quantitative estimate of drug-likeness (QED) is 0.765. The molecule has 2 heterocycles. The van der Waals surface area contributed by atoms with Crippen LogP contribution >= 0.6 is 0 Å². The first-order valence-corrected chi connectivity index (χ1v) is 8.45. The highest BCUT2D eigenvalue weighted by molar-refractivity contribution is 5.93. The molecule has 0 atom stereocenters. The van der Waals surface area contributed by atoms with Gasteiger partial charge in [-0.2, -0.15) is 0 Å². The lowest BCUT2D eigenvalue weighted by Crippen LogP contribution is -3.14. The van der Waals surface area contributed by atoms with Gasteiger partial charge in [0.15, 0.2) is 11.5 Å². The number of amides is 1. The number of carbonyl (C=O) groups is 1. The van der Waals surface area contributed by atoms with Crippen LogP contribution in [0.5, 0.6) is 0 Å². The van der Waals surface area contributed by atoms with Crippen LogP contribution in [-0.2, 0) is 4.74 Å². The minimum absolute atomic E-state index is 0.186. The molecule has 3 rings (SSSR count). The molecular weight excluding hydrogens is 306 g/mol. The Morgan fingerprint density at radius 2 is 2.00 bits per heavy atom. The predicted molar refractivity (Wildman–Crippen MR) is 90.0 cm³/mol. The van der Waals surface area contributed by atoms with Crippen LogP contribution < -0.4 is 10.2 Å². The zero-order valence-electron chi connectivity index (χ0n) is 14.0. The van der Waals surface area contributed by atoms with Gasteiger partial charge in [-0.05, 0) is 6.92 Å². The largest absolute Gasteiger partial charge is 0.370 e. The molecule has 0 unspecified atom stereocenters. The van der Waals surface area contributed by atoms with Crippen LogP contribution in [-0.4, -0.2) is 50.5 Å². The van der Waals surface area contributed by atoms with E-state index in [4.69, 9.17) is 9.26 Å². The molecule has 1 aliphatic heterocycles. The molecule has 128 valence electrons. The SMILES string of the molecule is Cc1ccc(-c2cc(C(=O)NCCC[NH+]3CCOCC3)no2)cc1. The Bertz CT molecular complexity index is 660. The summed E-state index contributed by atoms with van der Waals surface area (Å²) in [6.45, 7) is 7.51. The van der Waals surface area contributed by atoms with Gasteiger partial charge >= 0.3 is 0 Å². The van der Waals surface area contributed by atoms with E-state index in [1.165, 1.54) is 5.56 Å². The van der Waals surface area contributed by atoms with E-state index in [0.29, 0.717) is 18.0 Å². The van der Waals surface area contributed by atoms with Gasteiger partial charge < -0.3 is 19.5 Å². The Morgan fingerprint density at radius 1 is 1.25 bits per heavy atom. The van der Waals surface area contributed by atoms with Crippen molar-refractivity contribution in [1.82, 2.24) is 10.5 Å². The van der Waals surface area contributed by atoms with Crippen molar-refractivity contribution in [2.24, 2.45) is 0 Å². The molecule has 1 aromatic carbocycles. The fourth-order valence-electron chi connectivity index (χ4n) is 2.78. The first-order valence-electron chi connectivity index (χ1n) is 8.45. The van der Waals surface area contributed by atoms with Crippen LogP contribution in [0, 0.1) is 6.92 Å². The summed E-state index contributed by atoms with van der Waals surface area (Å²) >= 11 is 0. The molecule has 2 N–H and O–H groups in total. The third-order valence-electron chi connectivity index (χ3n) is 4.27. The summed E-state index contributed by atoms with van der Waals surface area (Å²) in [5.41, 5.74) is 2.42. The molecule has 6 heteroatoms. The number of carbonyl (C=O) groups excluding carboxylic acids is 1. The van der Waals surface area contributed by atoms with Gasteiger partial charge in [0, 0.05) is 24.6 Å². The second-order valence-corrected chi connectivity index (χ2v) is 6.16. The van der Waals surface area contributed by atoms with Crippen LogP contribution in [0.2, 0.25) is 0 Å². The van der Waals surface area contributed by atoms with E-state index in [1.807, 2.05) is 31.2 Å². The van der Waals surface area contributed by atoms with Gasteiger partial charge in [0.2, 0.25) is 0 Å². The summed E-state index contributed by atoms with van der Waals surface area (Å²) in [6.07, 6.45) is 0.948. The monoisotopic (exact) mass is 330 g/mol. The molecule has 1 aliphatic rings. The molecule has 0 bridgehead atoms. The predicted octanol–water partition coefficient (Wildman–Crippen LogP) is 0.685. The third kappa shape index (κ3) is 4.43. The highest BCUT2D eigenvalue weighted by Gasteiger charge is 2.15. The van der Waals surface area contributed by atoms with Crippen LogP contribution in [0.25, 0.3) is 11.3 Å². The lowest BCUT2D eigenvalue weighted by molar-refractivity contribution is -0.908. The summed E-state index contributed by atoms with van der Waals surface area (Å²) in [4.78, 5) is 13.7. The summed E-state index contributed by atoms with van der Waals surface area (Å²) in [5.74, 6) is 0.423. The van der Waals surface area contributed by atoms with Crippen LogP contribution in [0.15, 0.2) is 34.9 Å². The highest BCUT2D eigenvalue weighted by atomic mass is 16.5. The van der Waals surface area contributed by atoms with E-state index in [1.54, 1.807) is 11.0 Å². The molecule has 1 amide bonds. The number of morpholine rings is 1. The van der Waals surface area contributed by atoms with Crippen LogP contribution in [0.1, 0.15) is 22.5 Å². The number of hydrogen-bond donors (Lipinski definition) is 2. The van der Waals surface area contributed by atoms with E-state index >= 15 is 0 Å². The number of rotatable bonds is 6. The van der Waals surface area contributed by atoms with Gasteiger partial charge in [0.25, 0.3) is 5.91 Å². The van der Waals surface area contributed by atoms with Crippen molar-refractivity contribution in [1.29, 1.82) is 0 Å². The van der Waals surface area contributed by atoms with Crippen molar-refractivity contribution in [2.45, 2.75) is 13.3 Å². The second-order valence-electron chi connectivity index (χ2n) is 6.16.